The summed E-state index contributed by atoms with van der Waals surface area (Å²) in [7, 11) is 0. The van der Waals surface area contributed by atoms with Crippen molar-refractivity contribution in [2.45, 2.75) is 25.7 Å². The first-order valence-electron chi connectivity index (χ1n) is 7.23. The lowest BCUT2D eigenvalue weighted by Crippen LogP contribution is -2.14. The van der Waals surface area contributed by atoms with E-state index >= 15 is 0 Å². The van der Waals surface area contributed by atoms with E-state index in [-0.39, 0.29) is 12.4 Å². The number of fused-ring (bicyclic) bond motifs is 1. The van der Waals surface area contributed by atoms with Gasteiger partial charge in [0.15, 0.2) is 0 Å². The van der Waals surface area contributed by atoms with Crippen LogP contribution in [0.2, 0.25) is 0 Å². The molecule has 1 aromatic carbocycles. The van der Waals surface area contributed by atoms with Crippen LogP contribution in [0.5, 0.6) is 0 Å². The molecule has 2 N–H and O–H groups in total. The molecule has 0 aliphatic carbocycles. The molecule has 132 valence electrons. The smallest absolute Gasteiger partial charge is 0.390 e. The minimum absolute atomic E-state index is 0.250. The maximum Gasteiger partial charge on any atom is 0.419 e. The Morgan fingerprint density at radius 3 is 2.68 bits per heavy atom. The molecule has 0 amide bonds. The lowest BCUT2D eigenvalue weighted by Gasteiger charge is -2.18. The number of nitrogens with one attached hydrogen (secondary N) is 1. The number of anilines is 1. The summed E-state index contributed by atoms with van der Waals surface area (Å²) < 4.78 is 53.1. The second-order valence-corrected chi connectivity index (χ2v) is 5.37. The Balaban J connectivity index is 1.91. The molecule has 0 saturated heterocycles. The summed E-state index contributed by atoms with van der Waals surface area (Å²) in [6.45, 7) is 1.34. The van der Waals surface area contributed by atoms with E-state index in [9.17, 15) is 22.7 Å². The van der Waals surface area contributed by atoms with E-state index in [1.807, 2.05) is 0 Å². The third-order valence-electron chi connectivity index (χ3n) is 3.63. The Bertz CT molecular complexity index is 909. The number of aromatic nitrogens is 4. The number of aliphatic hydroxyl groups excluding tert-OH is 1. The molecule has 0 radical (unpaired) electrons. The number of benzene rings is 1. The van der Waals surface area contributed by atoms with Crippen molar-refractivity contribution in [3.8, 4) is 0 Å². The van der Waals surface area contributed by atoms with Gasteiger partial charge in [-0.15, -0.1) is 0 Å². The van der Waals surface area contributed by atoms with Crippen LogP contribution in [0.3, 0.4) is 0 Å². The van der Waals surface area contributed by atoms with Crippen molar-refractivity contribution < 1.29 is 22.7 Å². The first kappa shape index (κ1) is 17.1. The minimum atomic E-state index is -4.74. The maximum atomic E-state index is 13.7. The summed E-state index contributed by atoms with van der Waals surface area (Å²) in [6.07, 6.45) is -3.47. The summed E-state index contributed by atoms with van der Waals surface area (Å²) in [5, 5.41) is 16.2. The summed E-state index contributed by atoms with van der Waals surface area (Å²) in [6, 6.07) is 3.75. The van der Waals surface area contributed by atoms with Crippen LogP contribution in [0.1, 0.15) is 29.8 Å². The van der Waals surface area contributed by atoms with Crippen molar-refractivity contribution in [2.24, 2.45) is 0 Å². The van der Waals surface area contributed by atoms with E-state index in [2.05, 4.69) is 20.4 Å². The molecule has 2 aromatic heterocycles. The second-order valence-electron chi connectivity index (χ2n) is 5.37. The number of halogens is 4. The van der Waals surface area contributed by atoms with Crippen LogP contribution in [0, 0.1) is 5.82 Å². The minimum Gasteiger partial charge on any atom is -0.390 e. The van der Waals surface area contributed by atoms with Gasteiger partial charge in [-0.1, -0.05) is 6.07 Å². The number of rotatable bonds is 4. The van der Waals surface area contributed by atoms with E-state index in [1.54, 1.807) is 6.92 Å². The zero-order chi connectivity index (χ0) is 18.2. The molecule has 0 saturated carbocycles. The monoisotopic (exact) mass is 355 g/mol. The van der Waals surface area contributed by atoms with Crippen LogP contribution in [0.4, 0.5) is 23.4 Å². The van der Waals surface area contributed by atoms with Gasteiger partial charge in [-0.2, -0.15) is 27.8 Å². The van der Waals surface area contributed by atoms with Gasteiger partial charge < -0.3 is 10.4 Å². The number of hydrogen-bond acceptors (Lipinski definition) is 5. The van der Waals surface area contributed by atoms with Gasteiger partial charge >= 0.3 is 6.18 Å². The van der Waals surface area contributed by atoms with Crippen molar-refractivity contribution in [1.82, 2.24) is 19.6 Å². The first-order valence-corrected chi connectivity index (χ1v) is 7.23. The number of hydrogen-bond donors (Lipinski definition) is 2. The Labute approximate surface area is 139 Å². The fourth-order valence-electron chi connectivity index (χ4n) is 2.38. The average Bonchev–Trinajstić information content (AvgIpc) is 3.02. The highest BCUT2D eigenvalue weighted by Crippen LogP contribution is 2.32. The number of alkyl halides is 3. The molecule has 0 aliphatic heterocycles. The molecule has 10 heteroatoms. The number of nitrogens with zero attached hydrogens (tertiary/aromatic N) is 4. The summed E-state index contributed by atoms with van der Waals surface area (Å²) >= 11 is 0. The summed E-state index contributed by atoms with van der Waals surface area (Å²) in [4.78, 5) is 7.99. The van der Waals surface area contributed by atoms with E-state index < -0.39 is 23.6 Å². The molecule has 6 nitrogen and oxygen atoms in total. The van der Waals surface area contributed by atoms with Crippen LogP contribution in [-0.4, -0.2) is 24.7 Å². The first-order chi connectivity index (χ1) is 11.8. The molecule has 0 aliphatic rings. The van der Waals surface area contributed by atoms with E-state index in [0.717, 1.165) is 6.07 Å². The SMILES string of the molecule is CC(Nc1cc(CO)nc2ncnn12)c1ccc(C(F)(F)F)c(F)c1. The molecule has 0 bridgehead atoms. The lowest BCUT2D eigenvalue weighted by atomic mass is 10.1. The summed E-state index contributed by atoms with van der Waals surface area (Å²) in [5.41, 5.74) is -0.650. The van der Waals surface area contributed by atoms with Crippen molar-refractivity contribution in [2.75, 3.05) is 5.32 Å². The summed E-state index contributed by atoms with van der Waals surface area (Å²) in [5.74, 6) is -0.672. The van der Waals surface area contributed by atoms with Crippen molar-refractivity contribution in [1.29, 1.82) is 0 Å². The standard InChI is InChI=1S/C15H13F4N5O/c1-8(9-2-3-11(12(16)4-9)15(17,18)19)22-13-5-10(6-25)23-14-20-7-21-24(13)14/h2-5,7-8,22,25H,6H2,1H3. The van der Waals surface area contributed by atoms with Gasteiger partial charge in [-0.3, -0.25) is 0 Å². The molecular weight excluding hydrogens is 342 g/mol. The van der Waals surface area contributed by atoms with Crippen LogP contribution < -0.4 is 5.32 Å². The van der Waals surface area contributed by atoms with Gasteiger partial charge in [-0.25, -0.2) is 9.37 Å². The fourth-order valence-corrected chi connectivity index (χ4v) is 2.38. The molecule has 0 spiro atoms. The Morgan fingerprint density at radius 1 is 1.28 bits per heavy atom. The zero-order valence-electron chi connectivity index (χ0n) is 12.9. The molecule has 25 heavy (non-hydrogen) atoms. The third kappa shape index (κ3) is 3.38. The van der Waals surface area contributed by atoms with Gasteiger partial charge in [0.25, 0.3) is 5.78 Å². The third-order valence-corrected chi connectivity index (χ3v) is 3.63. The largest absolute Gasteiger partial charge is 0.419 e. The average molecular weight is 355 g/mol. The van der Waals surface area contributed by atoms with E-state index in [1.165, 1.54) is 23.0 Å². The lowest BCUT2D eigenvalue weighted by molar-refractivity contribution is -0.140. The fraction of sp³-hybridized carbons (Fsp3) is 0.267. The Hall–Kier alpha value is -2.75. The predicted octanol–water partition coefficient (Wildman–Crippen LogP) is 2.95. The highest BCUT2D eigenvalue weighted by molar-refractivity contribution is 5.46. The molecule has 1 unspecified atom stereocenters. The van der Waals surface area contributed by atoms with Crippen LogP contribution in [-0.2, 0) is 12.8 Å². The molecular formula is C15H13F4N5O. The highest BCUT2D eigenvalue weighted by Gasteiger charge is 2.34. The zero-order valence-corrected chi connectivity index (χ0v) is 12.9. The van der Waals surface area contributed by atoms with Crippen molar-refractivity contribution in [3.63, 3.8) is 0 Å². The quantitative estimate of drug-likeness (QED) is 0.704. The second kappa shape index (κ2) is 6.28. The molecule has 3 rings (SSSR count). The highest BCUT2D eigenvalue weighted by atomic mass is 19.4. The normalized spacial score (nSPS) is 13.2. The van der Waals surface area contributed by atoms with Gasteiger partial charge in [0.05, 0.1) is 23.9 Å². The van der Waals surface area contributed by atoms with Crippen LogP contribution in [0.25, 0.3) is 5.78 Å². The van der Waals surface area contributed by atoms with E-state index in [0.29, 0.717) is 23.1 Å². The molecule has 1 atom stereocenters. The Kier molecular flexibility index (Phi) is 4.29. The topological polar surface area (TPSA) is 75.3 Å². The van der Waals surface area contributed by atoms with Gasteiger partial charge in [0.1, 0.15) is 18.0 Å². The molecule has 2 heterocycles. The van der Waals surface area contributed by atoms with Gasteiger partial charge in [0.2, 0.25) is 0 Å². The van der Waals surface area contributed by atoms with Crippen molar-refractivity contribution >= 4 is 11.6 Å². The maximum absolute atomic E-state index is 13.7. The van der Waals surface area contributed by atoms with Gasteiger partial charge in [0, 0.05) is 6.07 Å². The molecule has 0 fully saturated rings. The van der Waals surface area contributed by atoms with Gasteiger partial charge in [-0.05, 0) is 24.6 Å². The van der Waals surface area contributed by atoms with Crippen LogP contribution >= 0.6 is 0 Å². The van der Waals surface area contributed by atoms with Crippen molar-refractivity contribution in [3.05, 3.63) is 53.2 Å². The number of aliphatic hydroxyl groups is 1. The molecule has 3 aromatic rings. The Morgan fingerprint density at radius 2 is 2.04 bits per heavy atom. The van der Waals surface area contributed by atoms with Crippen LogP contribution in [0.15, 0.2) is 30.6 Å². The van der Waals surface area contributed by atoms with E-state index in [4.69, 9.17) is 0 Å². The predicted molar refractivity (Wildman–Crippen MR) is 80.1 cm³/mol.